The smallest absolute Gasteiger partial charge is 0.315 e. The zero-order valence-electron chi connectivity index (χ0n) is 15.6. The third-order valence-corrected chi connectivity index (χ3v) is 7.03. The molecular weight excluding hydrogens is 338 g/mol. The van der Waals surface area contributed by atoms with Crippen molar-refractivity contribution in [1.29, 1.82) is 0 Å². The average Bonchev–Trinajstić information content (AvgIpc) is 3.44. The van der Waals surface area contributed by atoms with Crippen LogP contribution in [0.4, 0.5) is 4.79 Å². The summed E-state index contributed by atoms with van der Waals surface area (Å²) in [5, 5.41) is 10.4. The van der Waals surface area contributed by atoms with Crippen molar-refractivity contribution < 1.29 is 4.79 Å². The van der Waals surface area contributed by atoms with Crippen molar-refractivity contribution in [3.63, 3.8) is 0 Å². The maximum atomic E-state index is 12.4. The number of carbonyl (C=O) groups is 1. The van der Waals surface area contributed by atoms with Crippen molar-refractivity contribution in [1.82, 2.24) is 25.4 Å². The molecule has 2 N–H and O–H groups in total. The molecule has 142 valence electrons. The number of nitrogens with one attached hydrogen (secondary N) is 2. The van der Waals surface area contributed by atoms with Gasteiger partial charge < -0.3 is 10.6 Å². The van der Waals surface area contributed by atoms with Gasteiger partial charge >= 0.3 is 6.03 Å². The first-order chi connectivity index (χ1) is 13.3. The van der Waals surface area contributed by atoms with Crippen molar-refractivity contribution >= 4 is 6.03 Å². The maximum absolute atomic E-state index is 12.4. The highest BCUT2D eigenvalue weighted by Crippen LogP contribution is 2.58. The average molecular weight is 365 g/mol. The molecule has 3 fully saturated rings. The first-order valence-electron chi connectivity index (χ1n) is 10.2. The Labute approximate surface area is 159 Å². The summed E-state index contributed by atoms with van der Waals surface area (Å²) in [4.78, 5) is 16.3. The highest BCUT2D eigenvalue weighted by Gasteiger charge is 2.53. The van der Waals surface area contributed by atoms with Crippen LogP contribution in [-0.4, -0.2) is 26.8 Å². The van der Waals surface area contributed by atoms with Gasteiger partial charge in [0, 0.05) is 12.6 Å². The summed E-state index contributed by atoms with van der Waals surface area (Å²) in [6, 6.07) is 8.65. The molecule has 0 aliphatic heterocycles. The van der Waals surface area contributed by atoms with Crippen LogP contribution in [0.3, 0.4) is 0 Å². The lowest BCUT2D eigenvalue weighted by molar-refractivity contribution is 0.197. The van der Waals surface area contributed by atoms with Crippen molar-refractivity contribution in [3.05, 3.63) is 48.0 Å². The van der Waals surface area contributed by atoms with Gasteiger partial charge in [0.1, 0.15) is 12.7 Å². The number of fused-ring (bicyclic) bond motifs is 5. The number of urea groups is 1. The second kappa shape index (κ2) is 6.98. The molecule has 6 nitrogen and oxygen atoms in total. The van der Waals surface area contributed by atoms with Gasteiger partial charge in [0.05, 0.1) is 6.54 Å². The molecule has 3 aliphatic carbocycles. The summed E-state index contributed by atoms with van der Waals surface area (Å²) < 4.78 is 1.80. The number of aromatic nitrogens is 3. The number of nitrogens with zero attached hydrogens (tertiary/aromatic N) is 3. The zero-order chi connectivity index (χ0) is 18.2. The fourth-order valence-corrected chi connectivity index (χ4v) is 5.90. The number of hydrogen-bond donors (Lipinski definition) is 2. The lowest BCUT2D eigenvalue weighted by atomic mass is 9.79. The van der Waals surface area contributed by atoms with Crippen molar-refractivity contribution in [2.75, 3.05) is 0 Å². The highest BCUT2D eigenvalue weighted by molar-refractivity contribution is 5.74. The van der Waals surface area contributed by atoms with E-state index in [1.165, 1.54) is 37.7 Å². The predicted molar refractivity (Wildman–Crippen MR) is 102 cm³/mol. The summed E-state index contributed by atoms with van der Waals surface area (Å²) in [7, 11) is 0. The fourth-order valence-electron chi connectivity index (χ4n) is 5.90. The summed E-state index contributed by atoms with van der Waals surface area (Å²) in [6.45, 7) is 1.27. The van der Waals surface area contributed by atoms with Crippen LogP contribution in [0, 0.1) is 23.7 Å². The number of carbonyl (C=O) groups excluding carboxylic acids is 1. The van der Waals surface area contributed by atoms with E-state index in [2.05, 4.69) is 45.0 Å². The molecule has 5 rings (SSSR count). The van der Waals surface area contributed by atoms with Gasteiger partial charge in [-0.1, -0.05) is 30.7 Å². The van der Waals surface area contributed by atoms with Crippen LogP contribution >= 0.6 is 0 Å². The zero-order valence-corrected chi connectivity index (χ0v) is 15.6. The number of amides is 2. The van der Waals surface area contributed by atoms with E-state index >= 15 is 0 Å². The fraction of sp³-hybridized carbons (Fsp3) is 0.571. The van der Waals surface area contributed by atoms with Crippen molar-refractivity contribution in [3.8, 4) is 0 Å². The summed E-state index contributed by atoms with van der Waals surface area (Å²) in [6.07, 6.45) is 9.99. The van der Waals surface area contributed by atoms with Gasteiger partial charge in [0.15, 0.2) is 0 Å². The molecule has 3 saturated carbocycles. The second-order valence-corrected chi connectivity index (χ2v) is 8.50. The van der Waals surface area contributed by atoms with Gasteiger partial charge in [-0.25, -0.2) is 14.5 Å². The quantitative estimate of drug-likeness (QED) is 0.856. The third kappa shape index (κ3) is 3.33. The Hall–Kier alpha value is -2.37. The van der Waals surface area contributed by atoms with E-state index in [0.29, 0.717) is 19.1 Å². The first kappa shape index (κ1) is 16.8. The van der Waals surface area contributed by atoms with Crippen LogP contribution in [0.15, 0.2) is 36.9 Å². The molecule has 2 amide bonds. The van der Waals surface area contributed by atoms with Gasteiger partial charge in [0.2, 0.25) is 0 Å². The highest BCUT2D eigenvalue weighted by atomic mass is 16.2. The SMILES string of the molecule is O=C(NCc1ccc(Cn2cncn2)cc1)NC1CC2CC1C1CCCC21. The van der Waals surface area contributed by atoms with Gasteiger partial charge in [-0.2, -0.15) is 5.10 Å². The maximum Gasteiger partial charge on any atom is 0.315 e. The van der Waals surface area contributed by atoms with E-state index in [4.69, 9.17) is 0 Å². The van der Waals surface area contributed by atoms with E-state index in [1.54, 1.807) is 17.3 Å². The molecule has 1 aromatic heterocycles. The second-order valence-electron chi connectivity index (χ2n) is 8.50. The monoisotopic (exact) mass is 365 g/mol. The van der Waals surface area contributed by atoms with Crippen LogP contribution < -0.4 is 10.6 Å². The van der Waals surface area contributed by atoms with Gasteiger partial charge in [0.25, 0.3) is 0 Å². The molecule has 5 unspecified atom stereocenters. The molecular formula is C21H27N5O. The van der Waals surface area contributed by atoms with Crippen molar-refractivity contribution in [2.24, 2.45) is 23.7 Å². The van der Waals surface area contributed by atoms with Crippen LogP contribution in [0.1, 0.15) is 43.2 Å². The molecule has 6 heteroatoms. The van der Waals surface area contributed by atoms with Crippen LogP contribution in [0.2, 0.25) is 0 Å². The first-order valence-corrected chi connectivity index (χ1v) is 10.2. The summed E-state index contributed by atoms with van der Waals surface area (Å²) in [5.41, 5.74) is 2.28. The van der Waals surface area contributed by atoms with E-state index < -0.39 is 0 Å². The lowest BCUT2D eigenvalue weighted by Crippen LogP contribution is -2.46. The number of benzene rings is 1. The van der Waals surface area contributed by atoms with Crippen LogP contribution in [-0.2, 0) is 13.1 Å². The molecule has 0 saturated heterocycles. The van der Waals surface area contributed by atoms with Crippen LogP contribution in [0.25, 0.3) is 0 Å². The normalized spacial score (nSPS) is 31.0. The van der Waals surface area contributed by atoms with E-state index in [1.807, 2.05) is 0 Å². The Kier molecular flexibility index (Phi) is 4.34. The molecule has 1 heterocycles. The Balaban J connectivity index is 1.10. The Morgan fingerprint density at radius 2 is 1.89 bits per heavy atom. The molecule has 5 atom stereocenters. The molecule has 2 bridgehead atoms. The van der Waals surface area contributed by atoms with Crippen molar-refractivity contribution in [2.45, 2.75) is 51.2 Å². The van der Waals surface area contributed by atoms with Gasteiger partial charge in [-0.15, -0.1) is 0 Å². The molecule has 1 aromatic carbocycles. The number of hydrogen-bond acceptors (Lipinski definition) is 3. The summed E-state index contributed by atoms with van der Waals surface area (Å²) in [5.74, 6) is 3.44. The van der Waals surface area contributed by atoms with Crippen LogP contribution in [0.5, 0.6) is 0 Å². The largest absolute Gasteiger partial charge is 0.335 e. The molecule has 0 radical (unpaired) electrons. The minimum absolute atomic E-state index is 0.0196. The minimum Gasteiger partial charge on any atom is -0.335 e. The van der Waals surface area contributed by atoms with Gasteiger partial charge in [-0.05, 0) is 60.5 Å². The van der Waals surface area contributed by atoms with E-state index in [-0.39, 0.29) is 6.03 Å². The standard InChI is InChI=1S/C21H27N5O/c27-21(25-20-9-16-8-19(20)18-3-1-2-17(16)18)23-10-14-4-6-15(7-5-14)11-26-13-22-12-24-26/h4-7,12-13,16-20H,1-3,8-11H2,(H2,23,25,27). The Bertz CT molecular complexity index is 787. The number of rotatable bonds is 5. The predicted octanol–water partition coefficient (Wildman–Crippen LogP) is 2.95. The third-order valence-electron chi connectivity index (χ3n) is 7.03. The molecule has 2 aromatic rings. The Morgan fingerprint density at radius 1 is 1.07 bits per heavy atom. The minimum atomic E-state index is -0.0196. The van der Waals surface area contributed by atoms with E-state index in [0.717, 1.165) is 29.2 Å². The summed E-state index contributed by atoms with van der Waals surface area (Å²) >= 11 is 0. The van der Waals surface area contributed by atoms with E-state index in [9.17, 15) is 4.79 Å². The molecule has 3 aliphatic rings. The topological polar surface area (TPSA) is 71.8 Å². The molecule has 27 heavy (non-hydrogen) atoms. The molecule has 0 spiro atoms. The van der Waals surface area contributed by atoms with Gasteiger partial charge in [-0.3, -0.25) is 0 Å². The Morgan fingerprint density at radius 3 is 2.70 bits per heavy atom. The lowest BCUT2D eigenvalue weighted by Gasteiger charge is -2.32.